The Kier molecular flexibility index (Phi) is 4.32. The lowest BCUT2D eigenvalue weighted by Crippen LogP contribution is -2.60. The Labute approximate surface area is 120 Å². The summed E-state index contributed by atoms with van der Waals surface area (Å²) in [6.45, 7) is 7.84. The predicted octanol–water partition coefficient (Wildman–Crippen LogP) is 1.94. The summed E-state index contributed by atoms with van der Waals surface area (Å²) in [6, 6.07) is 2.69. The van der Waals surface area contributed by atoms with Gasteiger partial charge in [-0.25, -0.2) is 4.79 Å². The summed E-state index contributed by atoms with van der Waals surface area (Å²) in [5.74, 6) is 0.640. The van der Waals surface area contributed by atoms with E-state index >= 15 is 0 Å². The zero-order chi connectivity index (χ0) is 14.9. The number of amides is 2. The maximum Gasteiger partial charge on any atom is 0.323 e. The number of hydrogen-bond donors (Lipinski definition) is 1. The summed E-state index contributed by atoms with van der Waals surface area (Å²) in [4.78, 5) is 16.0. The molecule has 0 aromatic carbocycles. The van der Waals surface area contributed by atoms with Crippen LogP contribution in [0.1, 0.15) is 32.0 Å². The van der Waals surface area contributed by atoms with Gasteiger partial charge in [-0.15, -0.1) is 0 Å². The molecule has 1 fully saturated rings. The van der Waals surface area contributed by atoms with Crippen LogP contribution in [0.2, 0.25) is 0 Å². The Balaban J connectivity index is 1.93. The second kappa shape index (κ2) is 5.83. The van der Waals surface area contributed by atoms with E-state index in [0.717, 1.165) is 25.2 Å². The van der Waals surface area contributed by atoms with Crippen LogP contribution < -0.4 is 5.32 Å². The summed E-state index contributed by atoms with van der Waals surface area (Å²) >= 11 is 0. The van der Waals surface area contributed by atoms with Gasteiger partial charge in [-0.05, 0) is 34.4 Å². The predicted molar refractivity (Wildman–Crippen MR) is 80.0 cm³/mol. The number of hydrogen-bond acceptors (Lipinski definition) is 3. The molecule has 1 aliphatic heterocycles. The quantitative estimate of drug-likeness (QED) is 0.916. The van der Waals surface area contributed by atoms with Gasteiger partial charge in [0.2, 0.25) is 0 Å². The first-order valence-electron chi connectivity index (χ1n) is 7.20. The van der Waals surface area contributed by atoms with Crippen LogP contribution in [0.15, 0.2) is 6.07 Å². The lowest BCUT2D eigenvalue weighted by atomic mass is 10.1. The van der Waals surface area contributed by atoms with Crippen LogP contribution in [0.25, 0.3) is 0 Å². The fourth-order valence-electron chi connectivity index (χ4n) is 2.30. The van der Waals surface area contributed by atoms with Crippen molar-refractivity contribution < 1.29 is 4.79 Å². The maximum atomic E-state index is 12.1. The van der Waals surface area contributed by atoms with E-state index in [1.165, 1.54) is 0 Å². The van der Waals surface area contributed by atoms with Gasteiger partial charge in [0.1, 0.15) is 0 Å². The minimum absolute atomic E-state index is 0.0584. The molecular weight excluding hydrogens is 254 g/mol. The summed E-state index contributed by atoms with van der Waals surface area (Å²) in [6.07, 6.45) is 1.02. The lowest BCUT2D eigenvalue weighted by molar-refractivity contribution is 0.0942. The van der Waals surface area contributed by atoms with Gasteiger partial charge in [0.25, 0.3) is 0 Å². The molecule has 0 radical (unpaired) electrons. The molecule has 1 aromatic heterocycles. The molecule has 1 saturated heterocycles. The molecule has 1 aliphatic rings. The molecule has 112 valence electrons. The molecule has 6 heteroatoms. The van der Waals surface area contributed by atoms with E-state index in [1.54, 1.807) is 0 Å². The van der Waals surface area contributed by atoms with Gasteiger partial charge in [0, 0.05) is 36.9 Å². The lowest BCUT2D eigenvalue weighted by Gasteiger charge is -2.42. The van der Waals surface area contributed by atoms with Crippen LogP contribution in [-0.2, 0) is 0 Å². The Morgan fingerprint density at radius 1 is 1.55 bits per heavy atom. The molecule has 0 saturated carbocycles. The normalized spacial score (nSPS) is 17.2. The van der Waals surface area contributed by atoms with E-state index in [0.29, 0.717) is 17.9 Å². The smallest absolute Gasteiger partial charge is 0.321 e. The van der Waals surface area contributed by atoms with Crippen LogP contribution in [0.4, 0.5) is 10.6 Å². The van der Waals surface area contributed by atoms with Crippen molar-refractivity contribution in [1.29, 1.82) is 0 Å². The third-order valence-electron chi connectivity index (χ3n) is 4.05. The number of anilines is 1. The van der Waals surface area contributed by atoms with E-state index in [-0.39, 0.29) is 6.03 Å². The van der Waals surface area contributed by atoms with Crippen molar-refractivity contribution in [2.24, 2.45) is 0 Å². The average molecular weight is 279 g/mol. The van der Waals surface area contributed by atoms with E-state index in [9.17, 15) is 4.79 Å². The Hall–Kier alpha value is -1.56. The standard InChI is InChI=1S/C14H25N5O/c1-6-10(2)19-11(3)7-13(16-19)15-14(20)18-8-12(9-18)17(4)5/h7,10,12H,6,8-9H2,1-5H3,(H,15,16,20). The molecule has 1 aromatic rings. The number of nitrogens with zero attached hydrogens (tertiary/aromatic N) is 4. The molecule has 0 aliphatic carbocycles. The van der Waals surface area contributed by atoms with Crippen LogP contribution in [0.5, 0.6) is 0 Å². The van der Waals surface area contributed by atoms with Crippen molar-refractivity contribution in [3.8, 4) is 0 Å². The second-order valence-electron chi connectivity index (χ2n) is 5.83. The molecule has 6 nitrogen and oxygen atoms in total. The zero-order valence-electron chi connectivity index (χ0n) is 13.1. The SMILES string of the molecule is CCC(C)n1nc(NC(=O)N2CC(N(C)C)C2)cc1C. The number of carbonyl (C=O) groups is 1. The molecule has 0 spiro atoms. The topological polar surface area (TPSA) is 53.4 Å². The van der Waals surface area contributed by atoms with Gasteiger partial charge in [0.15, 0.2) is 5.82 Å². The van der Waals surface area contributed by atoms with Crippen molar-refractivity contribution >= 4 is 11.8 Å². The number of likely N-dealkylation sites (tertiary alicyclic amines) is 1. The monoisotopic (exact) mass is 279 g/mol. The Morgan fingerprint density at radius 3 is 2.75 bits per heavy atom. The van der Waals surface area contributed by atoms with Crippen molar-refractivity contribution in [3.63, 3.8) is 0 Å². The number of aryl methyl sites for hydroxylation is 1. The van der Waals surface area contributed by atoms with Crippen LogP contribution >= 0.6 is 0 Å². The number of nitrogens with one attached hydrogen (secondary N) is 1. The van der Waals surface area contributed by atoms with E-state index in [1.807, 2.05) is 36.7 Å². The highest BCUT2D eigenvalue weighted by molar-refractivity contribution is 5.89. The van der Waals surface area contributed by atoms with Crippen molar-refractivity contribution in [2.45, 2.75) is 39.3 Å². The van der Waals surface area contributed by atoms with Gasteiger partial charge in [-0.3, -0.25) is 10.00 Å². The van der Waals surface area contributed by atoms with Crippen LogP contribution in [0, 0.1) is 6.92 Å². The zero-order valence-corrected chi connectivity index (χ0v) is 13.1. The molecule has 1 unspecified atom stereocenters. The van der Waals surface area contributed by atoms with Gasteiger partial charge < -0.3 is 9.80 Å². The third-order valence-corrected chi connectivity index (χ3v) is 4.05. The van der Waals surface area contributed by atoms with E-state index < -0.39 is 0 Å². The van der Waals surface area contributed by atoms with Crippen molar-refractivity contribution in [2.75, 3.05) is 32.5 Å². The molecule has 1 N–H and O–H groups in total. The molecule has 2 amide bonds. The summed E-state index contributed by atoms with van der Waals surface area (Å²) in [7, 11) is 4.08. The number of aromatic nitrogens is 2. The Morgan fingerprint density at radius 2 is 2.20 bits per heavy atom. The largest absolute Gasteiger partial charge is 0.323 e. The summed E-state index contributed by atoms with van der Waals surface area (Å²) in [5, 5.41) is 7.34. The minimum atomic E-state index is -0.0584. The van der Waals surface area contributed by atoms with Gasteiger partial charge in [0.05, 0.1) is 0 Å². The van der Waals surface area contributed by atoms with Gasteiger partial charge in [-0.1, -0.05) is 6.92 Å². The molecule has 0 bridgehead atoms. The molecule has 1 atom stereocenters. The first kappa shape index (κ1) is 14.8. The van der Waals surface area contributed by atoms with Crippen LogP contribution in [0.3, 0.4) is 0 Å². The fraction of sp³-hybridized carbons (Fsp3) is 0.714. The van der Waals surface area contributed by atoms with Crippen LogP contribution in [-0.4, -0.2) is 58.8 Å². The van der Waals surface area contributed by atoms with Gasteiger partial charge in [-0.2, -0.15) is 5.10 Å². The van der Waals surface area contributed by atoms with E-state index in [4.69, 9.17) is 0 Å². The number of urea groups is 1. The number of likely N-dealkylation sites (N-methyl/N-ethyl adjacent to an activating group) is 1. The fourth-order valence-corrected chi connectivity index (χ4v) is 2.30. The third kappa shape index (κ3) is 2.95. The molecular formula is C14H25N5O. The second-order valence-corrected chi connectivity index (χ2v) is 5.83. The number of carbonyl (C=O) groups excluding carboxylic acids is 1. The maximum absolute atomic E-state index is 12.1. The molecule has 2 rings (SSSR count). The summed E-state index contributed by atoms with van der Waals surface area (Å²) in [5.41, 5.74) is 1.07. The molecule has 2 heterocycles. The van der Waals surface area contributed by atoms with E-state index in [2.05, 4.69) is 29.2 Å². The highest BCUT2D eigenvalue weighted by atomic mass is 16.2. The first-order valence-corrected chi connectivity index (χ1v) is 7.20. The average Bonchev–Trinajstić information content (AvgIpc) is 2.66. The van der Waals surface area contributed by atoms with Gasteiger partial charge >= 0.3 is 6.03 Å². The molecule has 20 heavy (non-hydrogen) atoms. The van der Waals surface area contributed by atoms with Crippen molar-refractivity contribution in [1.82, 2.24) is 19.6 Å². The summed E-state index contributed by atoms with van der Waals surface area (Å²) < 4.78 is 1.97. The Bertz CT molecular complexity index is 476. The first-order chi connectivity index (χ1) is 9.42. The number of rotatable bonds is 4. The minimum Gasteiger partial charge on any atom is -0.321 e. The highest BCUT2D eigenvalue weighted by Crippen LogP contribution is 2.18. The highest BCUT2D eigenvalue weighted by Gasteiger charge is 2.32. The van der Waals surface area contributed by atoms with Crippen molar-refractivity contribution in [3.05, 3.63) is 11.8 Å².